The summed E-state index contributed by atoms with van der Waals surface area (Å²) >= 11 is 6.50. The van der Waals surface area contributed by atoms with Crippen molar-refractivity contribution in [1.29, 1.82) is 0 Å². The number of nitrogens with one attached hydrogen (secondary N) is 4. The number of carboxylic acid groups (broad SMARTS) is 4. The number of hydrogen-bond donors (Lipinski definition) is 19. The fraction of sp³-hybridized carbons (Fsp3) is 0.627. The first-order chi connectivity index (χ1) is 48.6. The van der Waals surface area contributed by atoms with Crippen LogP contribution in [0.25, 0.3) is 0 Å². The van der Waals surface area contributed by atoms with Gasteiger partial charge in [0.25, 0.3) is 6.92 Å². The maximum Gasteiger partial charge on any atom is 0.451 e. The molecule has 0 aliphatic heterocycles. The van der Waals surface area contributed by atoms with Crippen molar-refractivity contribution in [2.45, 2.75) is 245 Å². The number of aliphatic carboxylic acids is 4. The van der Waals surface area contributed by atoms with Gasteiger partial charge in [0.2, 0.25) is 0 Å². The first-order valence-electron chi connectivity index (χ1n) is 37.1. The van der Waals surface area contributed by atoms with Crippen molar-refractivity contribution < 1.29 is 79.2 Å². The van der Waals surface area contributed by atoms with Gasteiger partial charge in [0, 0.05) is 32.7 Å². The molecule has 570 valence electrons. The number of halogens is 2. The molecular weight excluding hydrogens is 1350 g/mol. The van der Waals surface area contributed by atoms with Gasteiger partial charge >= 0.3 is 45.2 Å². The van der Waals surface area contributed by atoms with E-state index in [-0.39, 0.29) is 73.9 Å². The molecule has 8 aliphatic carbocycles. The molecule has 8 aliphatic rings. The maximum absolute atomic E-state index is 14.7. The summed E-state index contributed by atoms with van der Waals surface area (Å²) in [5.74, 6) is -4.67. The van der Waals surface area contributed by atoms with E-state index in [4.69, 9.17) is 64.7 Å². The predicted molar refractivity (Wildman–Crippen MR) is 404 cm³/mol. The number of likely N-dealkylation sites (N-methyl/N-ethyl adjacent to an activating group) is 4. The Bertz CT molecular complexity index is 3450. The van der Waals surface area contributed by atoms with Gasteiger partial charge in [0.1, 0.15) is 28.0 Å². The van der Waals surface area contributed by atoms with Crippen molar-refractivity contribution in [3.8, 4) is 0 Å². The van der Waals surface area contributed by atoms with Gasteiger partial charge in [-0.3, -0.25) is 0 Å². The maximum atomic E-state index is 14.7. The van der Waals surface area contributed by atoms with Crippen molar-refractivity contribution in [2.75, 3.05) is 28.2 Å². The summed E-state index contributed by atoms with van der Waals surface area (Å²) in [6, 6.07) is 17.1. The summed E-state index contributed by atoms with van der Waals surface area (Å²) in [7, 11) is 2.56. The van der Waals surface area contributed by atoms with Crippen molar-refractivity contribution in [3.05, 3.63) is 138 Å². The van der Waals surface area contributed by atoms with E-state index in [1.807, 2.05) is 30.3 Å². The first-order valence-corrected chi connectivity index (χ1v) is 37.5. The van der Waals surface area contributed by atoms with Gasteiger partial charge in [-0.1, -0.05) is 81.9 Å². The Morgan fingerprint density at radius 1 is 0.442 bits per heavy atom. The van der Waals surface area contributed by atoms with E-state index < -0.39 is 78.5 Å². The molecule has 4 saturated carbocycles. The molecule has 23 nitrogen and oxygen atoms in total. The third-order valence-electron chi connectivity index (χ3n) is 25.3. The standard InChI is InChI=1S/C20H31BN2O3.C18H26BClN2O4.C18H26BFN2O4.C18H27BN2O4.CH4/c1-13-10-14-11-15(6-4-9-21(2)26)20(23-3,18(24)25)17(14)12-16(13)19(22)7-5-8-19;2*1-22-18(16(23)24)12(4-2-7-19(25)26)8-11-9-15(20)14(10-13(11)18)17(21)5-3-6-17;1-21-18(16(22)23)14(4-2-9-19(24)25)10-12-5-6-13(11-15(12)18)17(20)7-3-8-17;/h10,12,15,23,26H,4-9,11,22H2,1-3H3,(H,24,25);2*9-10,12,22,25-26H,2-8,21H2,1H3,(H,23,24);5-6,11,14,21,24-25H,2-4,7-10,20H2,1H3,(H,22,23);1H4/t15-,20+;2*12-,18+;14-,18+;/m0000./s1. The van der Waals surface area contributed by atoms with Gasteiger partial charge < -0.3 is 99.8 Å². The van der Waals surface area contributed by atoms with Crippen LogP contribution in [0.15, 0.2) is 54.6 Å². The van der Waals surface area contributed by atoms with E-state index >= 15 is 0 Å². The van der Waals surface area contributed by atoms with Crippen LogP contribution in [0.2, 0.25) is 37.1 Å². The predicted octanol–water partition coefficient (Wildman–Crippen LogP) is 6.67. The second kappa shape index (κ2) is 33.6. The lowest BCUT2D eigenvalue weighted by Gasteiger charge is -2.40. The van der Waals surface area contributed by atoms with Gasteiger partial charge in [-0.25, -0.2) is 23.6 Å². The fourth-order valence-electron chi connectivity index (χ4n) is 18.7. The number of benzene rings is 4. The molecule has 0 saturated heterocycles. The SMILES string of the molecule is C.CN[C@@]1(C(=O)O)c2cc(C3(N)CCC3)c(C)cc2C[C@@H]1CCCB(C)O.CN[C@@]1(C(=O)O)c2cc(C3(N)CCC3)c(Cl)cc2C[C@@H]1CCCB(O)O.CN[C@@]1(C(=O)O)c2cc(C3(N)CCC3)c(F)cc2C[C@@H]1CCCB(O)O.CN[C@@]1(C(=O)O)c2cc(C3(N)CCC3)ccc2C[C@@H]1CCCB(O)O. The van der Waals surface area contributed by atoms with Crippen LogP contribution >= 0.6 is 11.6 Å². The zero-order valence-electron chi connectivity index (χ0n) is 60.7. The molecule has 0 unspecified atom stereocenters. The minimum Gasteiger partial charge on any atom is -0.480 e. The summed E-state index contributed by atoms with van der Waals surface area (Å²) < 4.78 is 14.7. The molecule has 0 spiro atoms. The lowest BCUT2D eigenvalue weighted by Crippen LogP contribution is -2.51. The second-order valence-corrected chi connectivity index (χ2v) is 31.7. The van der Waals surface area contributed by atoms with E-state index in [1.54, 1.807) is 41.1 Å². The van der Waals surface area contributed by atoms with Gasteiger partial charge in [0.15, 0.2) is 0 Å². The number of carboxylic acids is 4. The lowest BCUT2D eigenvalue weighted by atomic mass is 9.66. The zero-order chi connectivity index (χ0) is 75.6. The third kappa shape index (κ3) is 15.9. The highest BCUT2D eigenvalue weighted by atomic mass is 35.5. The lowest BCUT2D eigenvalue weighted by molar-refractivity contribution is -0.148. The normalized spacial score (nSPS) is 26.1. The quantitative estimate of drug-likeness (QED) is 0.0264. The molecule has 0 radical (unpaired) electrons. The van der Waals surface area contributed by atoms with E-state index in [0.29, 0.717) is 98.7 Å². The zero-order valence-corrected chi connectivity index (χ0v) is 61.5. The van der Waals surface area contributed by atoms with E-state index in [1.165, 1.54) is 11.6 Å². The molecule has 0 heterocycles. The second-order valence-electron chi connectivity index (χ2n) is 31.3. The summed E-state index contributed by atoms with van der Waals surface area (Å²) in [5, 5.41) is 117. The molecule has 0 aromatic heterocycles. The van der Waals surface area contributed by atoms with Crippen LogP contribution in [-0.4, -0.2) is 136 Å². The molecule has 12 rings (SSSR count). The Labute approximate surface area is 618 Å². The van der Waals surface area contributed by atoms with Crippen LogP contribution < -0.4 is 44.2 Å². The number of rotatable bonds is 28. The van der Waals surface area contributed by atoms with Crippen molar-refractivity contribution in [2.24, 2.45) is 46.6 Å². The molecule has 4 aromatic carbocycles. The monoisotopic (exact) mass is 1460 g/mol. The highest BCUT2D eigenvalue weighted by molar-refractivity contribution is 6.48. The highest BCUT2D eigenvalue weighted by Gasteiger charge is 2.57. The van der Waals surface area contributed by atoms with Gasteiger partial charge in [0.05, 0.1) is 0 Å². The summed E-state index contributed by atoms with van der Waals surface area (Å²) in [4.78, 5) is 49.3. The van der Waals surface area contributed by atoms with Crippen molar-refractivity contribution >= 4 is 63.7 Å². The van der Waals surface area contributed by atoms with Crippen LogP contribution in [0.4, 0.5) is 4.39 Å². The molecule has 0 bridgehead atoms. The van der Waals surface area contributed by atoms with Crippen LogP contribution in [0.3, 0.4) is 0 Å². The topological polar surface area (TPSA) is 443 Å². The summed E-state index contributed by atoms with van der Waals surface area (Å²) in [6.07, 6.45) is 19.7. The number of carbonyl (C=O) groups is 4. The van der Waals surface area contributed by atoms with Crippen molar-refractivity contribution in [1.82, 2.24) is 21.3 Å². The Hall–Kier alpha value is -5.36. The van der Waals surface area contributed by atoms with Crippen LogP contribution in [0.5, 0.6) is 0 Å². The largest absolute Gasteiger partial charge is 0.480 e. The summed E-state index contributed by atoms with van der Waals surface area (Å²) in [5.41, 5.74) is 30.5. The van der Waals surface area contributed by atoms with E-state index in [2.05, 4.69) is 40.3 Å². The smallest absolute Gasteiger partial charge is 0.451 e. The Balaban J connectivity index is 0.000000175. The molecule has 23 N–H and O–H groups in total. The molecule has 29 heteroatoms. The average Bonchev–Trinajstić information content (AvgIpc) is 1.54. The molecule has 8 atom stereocenters. The average molecular weight is 1470 g/mol. The molecule has 4 aromatic rings. The van der Waals surface area contributed by atoms with Gasteiger partial charge in [-0.2, -0.15) is 0 Å². The third-order valence-corrected chi connectivity index (χ3v) is 25.6. The molecule has 104 heavy (non-hydrogen) atoms. The molecular formula is C75H114B4ClFN8O15. The van der Waals surface area contributed by atoms with E-state index in [0.717, 1.165) is 134 Å². The Kier molecular flexibility index (Phi) is 27.3. The number of aryl methyl sites for hydroxylation is 1. The minimum absolute atomic E-state index is 0. The van der Waals surface area contributed by atoms with Gasteiger partial charge in [-0.15, -0.1) is 0 Å². The number of nitrogens with two attached hydrogens (primary N) is 4. The highest BCUT2D eigenvalue weighted by Crippen LogP contribution is 2.54. The number of hydrogen-bond acceptors (Lipinski definition) is 19. The van der Waals surface area contributed by atoms with Crippen LogP contribution in [-0.2, 0) is 89.2 Å². The summed E-state index contributed by atoms with van der Waals surface area (Å²) in [6.45, 7) is 3.52. The molecule has 0 amide bonds. The van der Waals surface area contributed by atoms with Gasteiger partial charge in [-0.05, 0) is 304 Å². The number of fused-ring (bicyclic) bond motifs is 4. The van der Waals surface area contributed by atoms with Crippen LogP contribution in [0.1, 0.15) is 208 Å². The van der Waals surface area contributed by atoms with Crippen LogP contribution in [0, 0.1) is 36.4 Å². The Morgan fingerprint density at radius 3 is 1.09 bits per heavy atom. The van der Waals surface area contributed by atoms with Crippen molar-refractivity contribution in [3.63, 3.8) is 0 Å². The van der Waals surface area contributed by atoms with E-state index in [9.17, 15) is 49.0 Å². The fourth-order valence-corrected chi connectivity index (χ4v) is 19.1. The Morgan fingerprint density at radius 2 is 0.750 bits per heavy atom. The first kappa shape index (κ1) is 84.3. The minimum atomic E-state index is -1.41. The molecule has 4 fully saturated rings.